The first-order chi connectivity index (χ1) is 9.20. The molecule has 0 radical (unpaired) electrons. The first-order valence-electron chi connectivity index (χ1n) is 6.55. The molecule has 0 unspecified atom stereocenters. The second kappa shape index (κ2) is 6.29. The molecule has 0 atom stereocenters. The zero-order chi connectivity index (χ0) is 13.7. The van der Waals surface area contributed by atoms with Gasteiger partial charge in [0.2, 0.25) is 0 Å². The Labute approximate surface area is 114 Å². The van der Waals surface area contributed by atoms with Gasteiger partial charge in [0, 0.05) is 12.2 Å². The second-order valence-corrected chi connectivity index (χ2v) is 4.67. The number of rotatable bonds is 5. The van der Waals surface area contributed by atoms with E-state index < -0.39 is 0 Å². The zero-order valence-corrected chi connectivity index (χ0v) is 11.5. The van der Waals surface area contributed by atoms with Gasteiger partial charge >= 0.3 is 0 Å². The van der Waals surface area contributed by atoms with E-state index in [4.69, 9.17) is 5.73 Å². The van der Waals surface area contributed by atoms with E-state index in [0.29, 0.717) is 6.54 Å². The van der Waals surface area contributed by atoms with Crippen LogP contribution >= 0.6 is 0 Å². The summed E-state index contributed by atoms with van der Waals surface area (Å²) in [5.74, 6) is 0.865. The van der Waals surface area contributed by atoms with Gasteiger partial charge in [0.1, 0.15) is 0 Å². The van der Waals surface area contributed by atoms with Crippen LogP contribution in [0, 0.1) is 13.8 Å². The van der Waals surface area contributed by atoms with E-state index in [1.807, 2.05) is 19.1 Å². The number of nitrogens with zero attached hydrogens (tertiary/aromatic N) is 3. The third kappa shape index (κ3) is 3.51. The molecule has 1 heterocycles. The molecular formula is C15H20N4. The fourth-order valence-electron chi connectivity index (χ4n) is 1.96. The van der Waals surface area contributed by atoms with Crippen molar-refractivity contribution in [2.45, 2.75) is 20.3 Å². The molecule has 4 heteroatoms. The third-order valence-corrected chi connectivity index (χ3v) is 2.96. The smallest absolute Gasteiger partial charge is 0.155 e. The van der Waals surface area contributed by atoms with Gasteiger partial charge < -0.3 is 10.6 Å². The lowest BCUT2D eigenvalue weighted by Crippen LogP contribution is -2.22. The molecule has 0 saturated carbocycles. The minimum Gasteiger partial charge on any atom is -0.330 e. The highest BCUT2D eigenvalue weighted by molar-refractivity contribution is 5.60. The maximum Gasteiger partial charge on any atom is 0.155 e. The third-order valence-electron chi connectivity index (χ3n) is 2.96. The van der Waals surface area contributed by atoms with Gasteiger partial charge in [-0.15, -0.1) is 5.10 Å². The molecule has 0 aliphatic rings. The maximum absolute atomic E-state index is 5.62. The van der Waals surface area contributed by atoms with Gasteiger partial charge in [-0.25, -0.2) is 0 Å². The van der Waals surface area contributed by atoms with Crippen LogP contribution in [0.15, 0.2) is 36.4 Å². The number of hydrogen-bond acceptors (Lipinski definition) is 4. The normalized spacial score (nSPS) is 10.5. The number of aryl methyl sites for hydroxylation is 2. The maximum atomic E-state index is 5.62. The van der Waals surface area contributed by atoms with Gasteiger partial charge in [-0.05, 0) is 56.6 Å². The summed E-state index contributed by atoms with van der Waals surface area (Å²) >= 11 is 0. The Balaban J connectivity index is 2.32. The van der Waals surface area contributed by atoms with Gasteiger partial charge in [-0.2, -0.15) is 5.10 Å². The van der Waals surface area contributed by atoms with E-state index in [1.54, 1.807) is 0 Å². The Morgan fingerprint density at radius 1 is 1.11 bits per heavy atom. The van der Waals surface area contributed by atoms with Crippen molar-refractivity contribution in [1.29, 1.82) is 0 Å². The summed E-state index contributed by atoms with van der Waals surface area (Å²) in [6.07, 6.45) is 0.920. The molecule has 0 aliphatic carbocycles. The van der Waals surface area contributed by atoms with Crippen molar-refractivity contribution >= 4 is 11.5 Å². The Morgan fingerprint density at radius 2 is 1.95 bits per heavy atom. The van der Waals surface area contributed by atoms with Crippen LogP contribution < -0.4 is 10.6 Å². The molecule has 19 heavy (non-hydrogen) atoms. The van der Waals surface area contributed by atoms with Gasteiger partial charge in [0.25, 0.3) is 0 Å². The number of aromatic nitrogens is 2. The summed E-state index contributed by atoms with van der Waals surface area (Å²) in [5, 5.41) is 8.41. The summed E-state index contributed by atoms with van der Waals surface area (Å²) in [6.45, 7) is 5.54. The lowest BCUT2D eigenvalue weighted by molar-refractivity contribution is 0.798. The Bertz CT molecular complexity index is 522. The molecule has 0 spiro atoms. The van der Waals surface area contributed by atoms with Crippen LogP contribution in [0.3, 0.4) is 0 Å². The van der Waals surface area contributed by atoms with E-state index >= 15 is 0 Å². The van der Waals surface area contributed by atoms with Gasteiger partial charge in [-0.1, -0.05) is 12.1 Å². The van der Waals surface area contributed by atoms with E-state index in [1.165, 1.54) is 5.56 Å². The zero-order valence-electron chi connectivity index (χ0n) is 11.5. The second-order valence-electron chi connectivity index (χ2n) is 4.67. The standard InChI is InChI=1S/C15H20N4/c1-12-5-3-6-14(11-12)19(10-4-9-16)15-8-7-13(2)17-18-15/h3,5-8,11H,4,9-10,16H2,1-2H3. The van der Waals surface area contributed by atoms with Crippen molar-refractivity contribution < 1.29 is 0 Å². The number of benzene rings is 1. The summed E-state index contributed by atoms with van der Waals surface area (Å²) in [4.78, 5) is 2.16. The fourth-order valence-corrected chi connectivity index (χ4v) is 1.96. The predicted molar refractivity (Wildman–Crippen MR) is 78.6 cm³/mol. The molecular weight excluding hydrogens is 236 g/mol. The van der Waals surface area contributed by atoms with Crippen LogP contribution in [0.4, 0.5) is 11.5 Å². The van der Waals surface area contributed by atoms with Gasteiger partial charge in [0.15, 0.2) is 5.82 Å². The summed E-state index contributed by atoms with van der Waals surface area (Å²) in [7, 11) is 0. The molecule has 2 N–H and O–H groups in total. The minimum atomic E-state index is 0.668. The molecule has 0 bridgehead atoms. The van der Waals surface area contributed by atoms with Crippen molar-refractivity contribution in [3.8, 4) is 0 Å². The van der Waals surface area contributed by atoms with Gasteiger partial charge in [0.05, 0.1) is 5.69 Å². The van der Waals surface area contributed by atoms with Crippen molar-refractivity contribution in [2.24, 2.45) is 5.73 Å². The molecule has 0 aliphatic heterocycles. The Kier molecular flexibility index (Phi) is 4.47. The lowest BCUT2D eigenvalue weighted by atomic mass is 10.2. The molecule has 100 valence electrons. The SMILES string of the molecule is Cc1cccc(N(CCCN)c2ccc(C)nn2)c1. The van der Waals surface area contributed by atoms with Crippen LogP contribution in [0.1, 0.15) is 17.7 Å². The quantitative estimate of drug-likeness (QED) is 0.893. The van der Waals surface area contributed by atoms with Crippen LogP contribution in [0.5, 0.6) is 0 Å². The van der Waals surface area contributed by atoms with Crippen molar-refractivity contribution in [3.05, 3.63) is 47.7 Å². The topological polar surface area (TPSA) is 55.0 Å². The average molecular weight is 256 g/mol. The van der Waals surface area contributed by atoms with Crippen molar-refractivity contribution in [2.75, 3.05) is 18.0 Å². The van der Waals surface area contributed by atoms with Crippen molar-refractivity contribution in [3.63, 3.8) is 0 Å². The lowest BCUT2D eigenvalue weighted by Gasteiger charge is -2.23. The largest absolute Gasteiger partial charge is 0.330 e. The molecule has 2 aromatic rings. The molecule has 4 nitrogen and oxygen atoms in total. The Hall–Kier alpha value is -1.94. The molecule has 2 rings (SSSR count). The van der Waals surface area contributed by atoms with E-state index in [9.17, 15) is 0 Å². The highest BCUT2D eigenvalue weighted by Gasteiger charge is 2.10. The Morgan fingerprint density at radius 3 is 2.58 bits per heavy atom. The van der Waals surface area contributed by atoms with Crippen LogP contribution in [0.2, 0.25) is 0 Å². The summed E-state index contributed by atoms with van der Waals surface area (Å²) in [5.41, 5.74) is 8.91. The number of hydrogen-bond donors (Lipinski definition) is 1. The molecule has 0 amide bonds. The van der Waals surface area contributed by atoms with Crippen LogP contribution in [-0.2, 0) is 0 Å². The summed E-state index contributed by atoms with van der Waals surface area (Å²) in [6, 6.07) is 12.4. The summed E-state index contributed by atoms with van der Waals surface area (Å²) < 4.78 is 0. The van der Waals surface area contributed by atoms with Crippen LogP contribution in [0.25, 0.3) is 0 Å². The first kappa shape index (κ1) is 13.5. The van der Waals surface area contributed by atoms with Crippen LogP contribution in [-0.4, -0.2) is 23.3 Å². The van der Waals surface area contributed by atoms with Crippen molar-refractivity contribution in [1.82, 2.24) is 10.2 Å². The van der Waals surface area contributed by atoms with E-state index in [0.717, 1.165) is 30.2 Å². The molecule has 1 aromatic heterocycles. The number of nitrogens with two attached hydrogens (primary N) is 1. The van der Waals surface area contributed by atoms with E-state index in [-0.39, 0.29) is 0 Å². The highest BCUT2D eigenvalue weighted by Crippen LogP contribution is 2.24. The fraction of sp³-hybridized carbons (Fsp3) is 0.333. The highest BCUT2D eigenvalue weighted by atomic mass is 15.3. The predicted octanol–water partition coefficient (Wildman–Crippen LogP) is 2.58. The number of anilines is 2. The van der Waals surface area contributed by atoms with E-state index in [2.05, 4.69) is 46.3 Å². The molecule has 0 fully saturated rings. The molecule has 0 saturated heterocycles. The molecule has 1 aromatic carbocycles. The average Bonchev–Trinajstić information content (AvgIpc) is 2.41. The monoisotopic (exact) mass is 256 g/mol. The minimum absolute atomic E-state index is 0.668. The van der Waals surface area contributed by atoms with Gasteiger partial charge in [-0.3, -0.25) is 0 Å². The first-order valence-corrected chi connectivity index (χ1v) is 6.55.